The second kappa shape index (κ2) is 8.03. The molecule has 0 atom stereocenters. The molecular formula is C18H15N3O2S3. The summed E-state index contributed by atoms with van der Waals surface area (Å²) in [5.41, 5.74) is 2.16. The highest BCUT2D eigenvalue weighted by Gasteiger charge is 2.10. The van der Waals surface area contributed by atoms with Crippen molar-refractivity contribution in [3.05, 3.63) is 58.7 Å². The zero-order valence-electron chi connectivity index (χ0n) is 13.9. The Bertz CT molecular complexity index is 962. The quantitative estimate of drug-likeness (QED) is 0.415. The Labute approximate surface area is 163 Å². The van der Waals surface area contributed by atoms with Crippen molar-refractivity contribution in [2.45, 2.75) is 11.5 Å². The molecule has 0 aliphatic carbocycles. The van der Waals surface area contributed by atoms with Crippen LogP contribution in [0, 0.1) is 0 Å². The van der Waals surface area contributed by atoms with Crippen molar-refractivity contribution in [3.63, 3.8) is 0 Å². The molecule has 0 spiro atoms. The van der Waals surface area contributed by atoms with E-state index in [1.54, 1.807) is 41.5 Å². The largest absolute Gasteiger partial charge is 0.497 e. The first-order valence-corrected chi connectivity index (χ1v) is 10.8. The highest BCUT2D eigenvalue weighted by molar-refractivity contribution is 7.97. The van der Waals surface area contributed by atoms with Crippen molar-refractivity contribution in [1.82, 2.24) is 15.1 Å². The predicted octanol–water partition coefficient (Wildman–Crippen LogP) is 5.36. The summed E-state index contributed by atoms with van der Waals surface area (Å²) in [5, 5.41) is 9.14. The summed E-state index contributed by atoms with van der Waals surface area (Å²) in [5.74, 6) is 3.63. The Morgan fingerprint density at radius 3 is 2.73 bits per heavy atom. The van der Waals surface area contributed by atoms with Crippen molar-refractivity contribution in [3.8, 4) is 27.0 Å². The van der Waals surface area contributed by atoms with Crippen LogP contribution in [0.5, 0.6) is 5.75 Å². The van der Waals surface area contributed by atoms with E-state index in [2.05, 4.69) is 15.5 Å². The van der Waals surface area contributed by atoms with E-state index in [9.17, 15) is 0 Å². The van der Waals surface area contributed by atoms with Crippen molar-refractivity contribution >= 4 is 34.4 Å². The molecule has 3 heterocycles. The molecule has 0 fully saturated rings. The van der Waals surface area contributed by atoms with E-state index in [4.69, 9.17) is 14.2 Å². The van der Waals surface area contributed by atoms with Crippen LogP contribution in [0.1, 0.15) is 11.6 Å². The Kier molecular flexibility index (Phi) is 5.33. The number of aromatic nitrogens is 3. The number of ether oxygens (including phenoxy) is 1. The van der Waals surface area contributed by atoms with Crippen molar-refractivity contribution < 1.29 is 9.26 Å². The van der Waals surface area contributed by atoms with Crippen LogP contribution in [-0.4, -0.2) is 22.2 Å². The minimum Gasteiger partial charge on any atom is -0.497 e. The molecule has 8 heteroatoms. The lowest BCUT2D eigenvalue weighted by atomic mass is 10.2. The van der Waals surface area contributed by atoms with Gasteiger partial charge in [-0.2, -0.15) is 4.98 Å². The van der Waals surface area contributed by atoms with Gasteiger partial charge in [0.05, 0.1) is 23.4 Å². The number of hydrogen-bond donors (Lipinski definition) is 0. The lowest BCUT2D eigenvalue weighted by molar-refractivity contribution is 0.392. The predicted molar refractivity (Wildman–Crippen MR) is 107 cm³/mol. The number of hydrogen-bond acceptors (Lipinski definition) is 8. The second-order valence-corrected chi connectivity index (χ2v) is 8.15. The van der Waals surface area contributed by atoms with Crippen molar-refractivity contribution in [2.24, 2.45) is 0 Å². The summed E-state index contributed by atoms with van der Waals surface area (Å²) in [6.07, 6.45) is 0. The summed E-state index contributed by atoms with van der Waals surface area (Å²) >= 11 is 4.97. The molecule has 4 aromatic rings. The molecule has 0 aliphatic rings. The van der Waals surface area contributed by atoms with E-state index in [-0.39, 0.29) is 0 Å². The smallest absolute Gasteiger partial charge is 0.236 e. The maximum Gasteiger partial charge on any atom is 0.236 e. The SMILES string of the molecule is COc1ccc(-c2nc(CSCc3nc(-c4cccs4)no3)cs2)cc1. The van der Waals surface area contributed by atoms with Crippen LogP contribution in [0.4, 0.5) is 0 Å². The van der Waals surface area contributed by atoms with E-state index in [1.807, 2.05) is 41.8 Å². The molecule has 0 unspecified atom stereocenters. The van der Waals surface area contributed by atoms with E-state index in [0.29, 0.717) is 17.5 Å². The van der Waals surface area contributed by atoms with Gasteiger partial charge in [-0.1, -0.05) is 11.2 Å². The van der Waals surface area contributed by atoms with Gasteiger partial charge in [0.25, 0.3) is 0 Å². The van der Waals surface area contributed by atoms with Gasteiger partial charge in [-0.15, -0.1) is 34.4 Å². The number of benzene rings is 1. The fourth-order valence-electron chi connectivity index (χ4n) is 2.30. The topological polar surface area (TPSA) is 61.0 Å². The van der Waals surface area contributed by atoms with Gasteiger partial charge in [-0.3, -0.25) is 0 Å². The molecule has 0 radical (unpaired) electrons. The zero-order chi connectivity index (χ0) is 17.8. The molecule has 0 bridgehead atoms. The normalized spacial score (nSPS) is 11.0. The van der Waals surface area contributed by atoms with Crippen LogP contribution in [0.3, 0.4) is 0 Å². The van der Waals surface area contributed by atoms with Crippen molar-refractivity contribution in [1.29, 1.82) is 0 Å². The van der Waals surface area contributed by atoms with Crippen LogP contribution in [0.25, 0.3) is 21.3 Å². The van der Waals surface area contributed by atoms with E-state index >= 15 is 0 Å². The van der Waals surface area contributed by atoms with Gasteiger partial charge in [0.1, 0.15) is 10.8 Å². The van der Waals surface area contributed by atoms with Gasteiger partial charge >= 0.3 is 0 Å². The van der Waals surface area contributed by atoms with Gasteiger partial charge in [-0.25, -0.2) is 4.98 Å². The fourth-order valence-corrected chi connectivity index (χ4v) is 4.63. The highest BCUT2D eigenvalue weighted by atomic mass is 32.2. The summed E-state index contributed by atoms with van der Waals surface area (Å²) < 4.78 is 10.5. The summed E-state index contributed by atoms with van der Waals surface area (Å²) in [7, 11) is 1.67. The standard InChI is InChI=1S/C18H15N3O2S3/c1-22-14-6-4-12(5-7-14)18-19-13(10-26-18)9-24-11-16-20-17(21-23-16)15-3-2-8-25-15/h2-8,10H,9,11H2,1H3. The van der Waals surface area contributed by atoms with Crippen LogP contribution < -0.4 is 4.74 Å². The average molecular weight is 402 g/mol. The molecule has 0 aliphatic heterocycles. The monoisotopic (exact) mass is 401 g/mol. The Morgan fingerprint density at radius 2 is 1.96 bits per heavy atom. The molecule has 4 rings (SSSR count). The summed E-state index contributed by atoms with van der Waals surface area (Å²) in [6.45, 7) is 0. The van der Waals surface area contributed by atoms with Gasteiger partial charge in [0, 0.05) is 16.7 Å². The first-order valence-electron chi connectivity index (χ1n) is 7.85. The highest BCUT2D eigenvalue weighted by Crippen LogP contribution is 2.28. The fraction of sp³-hybridized carbons (Fsp3) is 0.167. The van der Waals surface area contributed by atoms with Crippen LogP contribution in [0.15, 0.2) is 51.7 Å². The van der Waals surface area contributed by atoms with Gasteiger partial charge in [0.2, 0.25) is 11.7 Å². The molecule has 3 aromatic heterocycles. The lowest BCUT2D eigenvalue weighted by Crippen LogP contribution is -1.85. The van der Waals surface area contributed by atoms with Crippen molar-refractivity contribution in [2.75, 3.05) is 7.11 Å². The number of methoxy groups -OCH3 is 1. The zero-order valence-corrected chi connectivity index (χ0v) is 16.4. The summed E-state index contributed by atoms with van der Waals surface area (Å²) in [6, 6.07) is 11.9. The minimum absolute atomic E-state index is 0.643. The third-order valence-electron chi connectivity index (χ3n) is 3.57. The second-order valence-electron chi connectivity index (χ2n) is 5.35. The van der Waals surface area contributed by atoms with Crippen LogP contribution in [0.2, 0.25) is 0 Å². The summed E-state index contributed by atoms with van der Waals surface area (Å²) in [4.78, 5) is 10.2. The molecule has 5 nitrogen and oxygen atoms in total. The van der Waals surface area contributed by atoms with Crippen LogP contribution >= 0.6 is 34.4 Å². The number of thiazole rings is 1. The number of rotatable bonds is 7. The number of thioether (sulfide) groups is 1. The Hall–Kier alpha value is -2.16. The average Bonchev–Trinajstić information content (AvgIpc) is 3.43. The Morgan fingerprint density at radius 1 is 1.08 bits per heavy atom. The van der Waals surface area contributed by atoms with Gasteiger partial charge < -0.3 is 9.26 Å². The van der Waals surface area contributed by atoms with E-state index < -0.39 is 0 Å². The minimum atomic E-state index is 0.643. The third-order valence-corrected chi connectivity index (χ3v) is 6.33. The molecule has 0 saturated carbocycles. The molecular weight excluding hydrogens is 386 g/mol. The molecule has 0 N–H and O–H groups in total. The lowest BCUT2D eigenvalue weighted by Gasteiger charge is -2.00. The Balaban J connectivity index is 1.33. The third kappa shape index (κ3) is 3.98. The maximum absolute atomic E-state index is 5.32. The molecule has 132 valence electrons. The van der Waals surface area contributed by atoms with Gasteiger partial charge in [0.15, 0.2) is 0 Å². The van der Waals surface area contributed by atoms with Gasteiger partial charge in [-0.05, 0) is 35.7 Å². The molecule has 26 heavy (non-hydrogen) atoms. The van der Waals surface area contributed by atoms with E-state index in [0.717, 1.165) is 32.6 Å². The molecule has 0 saturated heterocycles. The first kappa shape index (κ1) is 17.3. The molecule has 1 aromatic carbocycles. The number of thiophene rings is 1. The van der Waals surface area contributed by atoms with Crippen LogP contribution in [-0.2, 0) is 11.5 Å². The maximum atomic E-state index is 5.32. The first-order chi connectivity index (χ1) is 12.8. The number of nitrogens with zero attached hydrogens (tertiary/aromatic N) is 3. The van der Waals surface area contributed by atoms with E-state index in [1.165, 1.54) is 0 Å². The molecule has 0 amide bonds.